The van der Waals surface area contributed by atoms with E-state index >= 15 is 0 Å². The molecule has 146 valence electrons. The minimum atomic E-state index is -3.57. The molecule has 28 heavy (non-hydrogen) atoms. The van der Waals surface area contributed by atoms with Crippen molar-refractivity contribution < 1.29 is 8.42 Å². The summed E-state index contributed by atoms with van der Waals surface area (Å²) in [6.07, 6.45) is 7.41. The van der Waals surface area contributed by atoms with Crippen LogP contribution in [-0.2, 0) is 10.0 Å². The number of nitrogens with one attached hydrogen (secondary N) is 2. The molecular weight excluding hydrogens is 438 g/mol. The zero-order valence-corrected chi connectivity index (χ0v) is 17.9. The number of sulfonamides is 1. The molecule has 0 saturated carbocycles. The van der Waals surface area contributed by atoms with Crippen LogP contribution in [0.1, 0.15) is 12.5 Å². The summed E-state index contributed by atoms with van der Waals surface area (Å²) in [6, 6.07) is 14.6. The zero-order chi connectivity index (χ0) is 20.0. The Morgan fingerprint density at radius 3 is 2.68 bits per heavy atom. The highest BCUT2D eigenvalue weighted by Gasteiger charge is 2.17. The van der Waals surface area contributed by atoms with Crippen LogP contribution < -0.4 is 10.0 Å². The highest BCUT2D eigenvalue weighted by atomic mass is 79.9. The van der Waals surface area contributed by atoms with E-state index in [2.05, 4.69) is 31.0 Å². The number of pyridine rings is 1. The normalized spacial score (nSPS) is 13.2. The highest BCUT2D eigenvalue weighted by Crippen LogP contribution is 2.18. The first-order valence-corrected chi connectivity index (χ1v) is 11.2. The average Bonchev–Trinajstić information content (AvgIpc) is 2.68. The van der Waals surface area contributed by atoms with E-state index in [1.54, 1.807) is 36.7 Å². The van der Waals surface area contributed by atoms with Crippen LogP contribution >= 0.6 is 15.9 Å². The second-order valence-electron chi connectivity index (χ2n) is 6.52. The van der Waals surface area contributed by atoms with Crippen LogP contribution in [0.4, 0.5) is 0 Å². The molecule has 0 radical (unpaired) electrons. The van der Waals surface area contributed by atoms with Gasteiger partial charge in [-0.3, -0.25) is 4.98 Å². The first kappa shape index (κ1) is 20.7. The third-order valence-electron chi connectivity index (χ3n) is 4.17. The van der Waals surface area contributed by atoms with Crippen molar-refractivity contribution in [3.05, 3.63) is 77.0 Å². The fourth-order valence-electron chi connectivity index (χ4n) is 2.76. The van der Waals surface area contributed by atoms with Gasteiger partial charge in [0.1, 0.15) is 0 Å². The first-order valence-electron chi connectivity index (χ1n) is 8.93. The van der Waals surface area contributed by atoms with Crippen molar-refractivity contribution in [2.75, 3.05) is 13.1 Å². The van der Waals surface area contributed by atoms with Gasteiger partial charge in [-0.05, 0) is 48.2 Å². The van der Waals surface area contributed by atoms with Gasteiger partial charge in [-0.15, -0.1) is 0 Å². The van der Waals surface area contributed by atoms with Crippen LogP contribution in [0.3, 0.4) is 0 Å². The van der Waals surface area contributed by atoms with Gasteiger partial charge >= 0.3 is 0 Å². The van der Waals surface area contributed by atoms with Gasteiger partial charge in [0.25, 0.3) is 0 Å². The summed E-state index contributed by atoms with van der Waals surface area (Å²) < 4.78 is 29.0. The maximum atomic E-state index is 12.6. The van der Waals surface area contributed by atoms with Crippen LogP contribution in [0, 0.1) is 0 Å². The minimum absolute atomic E-state index is 0.237. The Labute approximate surface area is 174 Å². The molecule has 5 nitrogen and oxygen atoms in total. The Hall–Kier alpha value is -2.06. The number of benzene rings is 2. The fourth-order valence-corrected chi connectivity index (χ4v) is 4.30. The lowest BCUT2D eigenvalue weighted by atomic mass is 10.2. The lowest BCUT2D eigenvalue weighted by Crippen LogP contribution is -2.39. The van der Waals surface area contributed by atoms with Gasteiger partial charge in [-0.25, -0.2) is 13.1 Å². The summed E-state index contributed by atoms with van der Waals surface area (Å²) in [4.78, 5) is 4.30. The molecule has 0 saturated heterocycles. The Balaban J connectivity index is 1.51. The highest BCUT2D eigenvalue weighted by molar-refractivity contribution is 9.10. The van der Waals surface area contributed by atoms with Crippen LogP contribution in [0.2, 0.25) is 0 Å². The number of hydrogen-bond donors (Lipinski definition) is 2. The number of rotatable bonds is 8. The minimum Gasteiger partial charge on any atom is -0.312 e. The van der Waals surface area contributed by atoms with E-state index in [9.17, 15) is 8.42 Å². The molecule has 3 aromatic rings. The molecule has 0 aliphatic rings. The third-order valence-corrected chi connectivity index (χ3v) is 6.29. The van der Waals surface area contributed by atoms with Gasteiger partial charge in [0.15, 0.2) is 0 Å². The van der Waals surface area contributed by atoms with E-state index in [1.165, 1.54) is 0 Å². The number of nitrogens with zero attached hydrogens (tertiary/aromatic N) is 1. The zero-order valence-electron chi connectivity index (χ0n) is 15.5. The van der Waals surface area contributed by atoms with Gasteiger partial charge in [-0.1, -0.05) is 46.3 Å². The summed E-state index contributed by atoms with van der Waals surface area (Å²) in [5.41, 5.74) is 1.12. The predicted octanol–water partition coefficient (Wildman–Crippen LogP) is 3.97. The Kier molecular flexibility index (Phi) is 6.96. The lowest BCUT2D eigenvalue weighted by molar-refractivity contribution is 0.545. The van der Waals surface area contributed by atoms with Crippen molar-refractivity contribution >= 4 is 42.8 Å². The van der Waals surface area contributed by atoms with Crippen molar-refractivity contribution in [2.45, 2.75) is 17.9 Å². The van der Waals surface area contributed by atoms with Crippen molar-refractivity contribution in [3.8, 4) is 0 Å². The van der Waals surface area contributed by atoms with Gasteiger partial charge < -0.3 is 5.32 Å². The van der Waals surface area contributed by atoms with E-state index in [-0.39, 0.29) is 10.9 Å². The summed E-state index contributed by atoms with van der Waals surface area (Å²) in [6.45, 7) is 3.03. The van der Waals surface area contributed by atoms with Crippen LogP contribution in [-0.4, -0.2) is 32.5 Å². The molecular formula is C21H22BrN3O2S. The topological polar surface area (TPSA) is 71.1 Å². The van der Waals surface area contributed by atoms with Gasteiger partial charge in [0, 0.05) is 41.4 Å². The quantitative estimate of drug-likeness (QED) is 0.500. The van der Waals surface area contributed by atoms with Crippen molar-refractivity contribution in [1.82, 2.24) is 15.0 Å². The average molecular weight is 460 g/mol. The van der Waals surface area contributed by atoms with Crippen molar-refractivity contribution in [2.24, 2.45) is 0 Å². The van der Waals surface area contributed by atoms with E-state index in [1.807, 2.05) is 43.3 Å². The molecule has 0 aliphatic heterocycles. The summed E-state index contributed by atoms with van der Waals surface area (Å²) in [5, 5.41) is 5.00. The van der Waals surface area contributed by atoms with Gasteiger partial charge in [-0.2, -0.15) is 0 Å². The summed E-state index contributed by atoms with van der Waals surface area (Å²) >= 11 is 3.41. The standard InChI is InChI=1S/C21H22BrN3O2S/c1-16(14-23-11-2-3-17-4-7-20(22)8-5-17)25-28(26,27)21-9-6-19-15-24-12-10-18(19)13-21/h2-10,12-13,15-16,23,25H,11,14H2,1H3/b3-2+. The predicted molar refractivity (Wildman–Crippen MR) is 118 cm³/mol. The molecule has 0 fully saturated rings. The van der Waals surface area contributed by atoms with Crippen LogP contribution in [0.5, 0.6) is 0 Å². The lowest BCUT2D eigenvalue weighted by Gasteiger charge is -2.15. The molecule has 0 spiro atoms. The third kappa shape index (κ3) is 5.72. The second-order valence-corrected chi connectivity index (χ2v) is 9.15. The van der Waals surface area contributed by atoms with Crippen molar-refractivity contribution in [1.29, 1.82) is 0 Å². The van der Waals surface area contributed by atoms with E-state index in [0.29, 0.717) is 13.1 Å². The van der Waals surface area contributed by atoms with Gasteiger partial charge in [0.05, 0.1) is 4.90 Å². The van der Waals surface area contributed by atoms with Crippen LogP contribution in [0.25, 0.3) is 16.8 Å². The maximum absolute atomic E-state index is 12.6. The van der Waals surface area contributed by atoms with Crippen LogP contribution in [0.15, 0.2) is 76.4 Å². The SMILES string of the molecule is CC(CNC/C=C/c1ccc(Br)cc1)NS(=O)(=O)c1ccc2cnccc2c1. The molecule has 3 rings (SSSR count). The fraction of sp³-hybridized carbons (Fsp3) is 0.190. The van der Waals surface area contributed by atoms with E-state index in [4.69, 9.17) is 0 Å². The van der Waals surface area contributed by atoms with Crippen molar-refractivity contribution in [3.63, 3.8) is 0 Å². The molecule has 1 unspecified atom stereocenters. The molecule has 1 aromatic heterocycles. The molecule has 7 heteroatoms. The number of halogens is 1. The molecule has 1 heterocycles. The Morgan fingerprint density at radius 1 is 1.11 bits per heavy atom. The summed E-state index contributed by atoms with van der Waals surface area (Å²) in [5.74, 6) is 0. The Bertz CT molecular complexity index is 1070. The number of fused-ring (bicyclic) bond motifs is 1. The molecule has 0 aliphatic carbocycles. The van der Waals surface area contributed by atoms with E-state index in [0.717, 1.165) is 20.8 Å². The Morgan fingerprint density at radius 2 is 1.89 bits per heavy atom. The maximum Gasteiger partial charge on any atom is 0.240 e. The molecule has 1 atom stereocenters. The first-order chi connectivity index (χ1) is 13.4. The van der Waals surface area contributed by atoms with E-state index < -0.39 is 10.0 Å². The second kappa shape index (κ2) is 9.43. The van der Waals surface area contributed by atoms with Gasteiger partial charge in [0.2, 0.25) is 10.0 Å². The monoisotopic (exact) mass is 459 g/mol. The number of hydrogen-bond acceptors (Lipinski definition) is 4. The smallest absolute Gasteiger partial charge is 0.240 e. The molecule has 0 amide bonds. The molecule has 0 bridgehead atoms. The largest absolute Gasteiger partial charge is 0.312 e. The summed E-state index contributed by atoms with van der Waals surface area (Å²) in [7, 11) is -3.57. The number of aromatic nitrogens is 1. The molecule has 2 aromatic carbocycles. The molecule has 2 N–H and O–H groups in total.